The number of benzene rings is 1. The van der Waals surface area contributed by atoms with Gasteiger partial charge in [-0.15, -0.1) is 0 Å². The van der Waals surface area contributed by atoms with Crippen molar-refractivity contribution in [3.05, 3.63) is 29.3 Å². The minimum atomic E-state index is -0.176. The first kappa shape index (κ1) is 14.1. The lowest BCUT2D eigenvalue weighted by atomic mass is 9.61. The predicted molar refractivity (Wildman–Crippen MR) is 85.8 cm³/mol. The topological polar surface area (TPSA) is 49.7 Å². The highest BCUT2D eigenvalue weighted by atomic mass is 16.5. The molecule has 0 radical (unpaired) electrons. The number of fused-ring (bicyclic) bond motifs is 4. The van der Waals surface area contributed by atoms with E-state index in [1.165, 1.54) is 11.1 Å². The van der Waals surface area contributed by atoms with E-state index in [9.17, 15) is 10.2 Å². The summed E-state index contributed by atoms with van der Waals surface area (Å²) in [5.41, 5.74) is 3.99. The smallest absolute Gasteiger partial charge is 0.131 e. The Bertz CT molecular complexity index is 648. The van der Waals surface area contributed by atoms with Crippen LogP contribution < -0.4 is 4.74 Å². The summed E-state index contributed by atoms with van der Waals surface area (Å²) in [5, 5.41) is 20.3. The van der Waals surface area contributed by atoms with E-state index in [4.69, 9.17) is 4.74 Å². The Kier molecular flexibility index (Phi) is 3.06. The number of aromatic hydroxyl groups is 1. The zero-order chi connectivity index (χ0) is 15.5. The molecule has 1 aromatic rings. The van der Waals surface area contributed by atoms with Crippen LogP contribution in [0, 0.1) is 11.3 Å². The van der Waals surface area contributed by atoms with E-state index in [0.717, 1.165) is 43.4 Å². The molecule has 1 aromatic carbocycles. The standard InChI is InChI=1S/C19H24O3/c1-3-19-9-8-14-13-5-4-12(20)10-16(13)22-11(2)18(14)15(19)6-7-17(19)21/h4-5,10-11,15,17,20-21H,3,6-9H2,1-2H3/t11-,15-,17-,19-/m0/s1. The number of phenols is 1. The van der Waals surface area contributed by atoms with Crippen LogP contribution in [0.4, 0.5) is 0 Å². The molecule has 118 valence electrons. The van der Waals surface area contributed by atoms with Crippen LogP contribution in [-0.4, -0.2) is 22.4 Å². The molecule has 1 saturated carbocycles. The summed E-state index contributed by atoms with van der Waals surface area (Å²) in [5.74, 6) is 1.49. The number of aliphatic hydroxyl groups excluding tert-OH is 1. The van der Waals surface area contributed by atoms with E-state index in [0.29, 0.717) is 5.92 Å². The van der Waals surface area contributed by atoms with Gasteiger partial charge in [0.15, 0.2) is 0 Å². The summed E-state index contributed by atoms with van der Waals surface area (Å²) in [6.45, 7) is 4.33. The average Bonchev–Trinajstić information content (AvgIpc) is 2.84. The third-order valence-corrected chi connectivity index (χ3v) is 6.34. The molecule has 3 aliphatic rings. The fourth-order valence-electron chi connectivity index (χ4n) is 5.24. The summed E-state index contributed by atoms with van der Waals surface area (Å²) in [7, 11) is 0. The van der Waals surface area contributed by atoms with Gasteiger partial charge in [0.05, 0.1) is 6.10 Å². The lowest BCUT2D eigenvalue weighted by Crippen LogP contribution is -2.42. The molecule has 0 unspecified atom stereocenters. The molecule has 3 heteroatoms. The fourth-order valence-corrected chi connectivity index (χ4v) is 5.24. The minimum Gasteiger partial charge on any atom is -0.508 e. The summed E-state index contributed by atoms with van der Waals surface area (Å²) < 4.78 is 6.12. The molecule has 0 bridgehead atoms. The van der Waals surface area contributed by atoms with Gasteiger partial charge in [-0.05, 0) is 68.2 Å². The van der Waals surface area contributed by atoms with Gasteiger partial charge in [-0.1, -0.05) is 6.92 Å². The largest absolute Gasteiger partial charge is 0.508 e. The van der Waals surface area contributed by atoms with Gasteiger partial charge in [0.2, 0.25) is 0 Å². The molecule has 2 N–H and O–H groups in total. The maximum absolute atomic E-state index is 10.6. The molecular formula is C19H24O3. The molecule has 4 rings (SSSR count). The van der Waals surface area contributed by atoms with Crippen LogP contribution >= 0.6 is 0 Å². The normalized spacial score (nSPS) is 36.4. The van der Waals surface area contributed by atoms with Crippen molar-refractivity contribution in [3.8, 4) is 11.5 Å². The lowest BCUT2D eigenvalue weighted by Gasteiger charge is -2.46. The molecule has 0 amide bonds. The Hall–Kier alpha value is -1.48. The second kappa shape index (κ2) is 4.76. The third-order valence-electron chi connectivity index (χ3n) is 6.34. The van der Waals surface area contributed by atoms with E-state index in [-0.39, 0.29) is 23.4 Å². The van der Waals surface area contributed by atoms with Crippen LogP contribution in [0.15, 0.2) is 23.8 Å². The SMILES string of the molecule is CC[C@]12CCC3=C([C@H](C)Oc4cc(O)ccc43)[C@@H]1CC[C@@H]2O. The molecule has 1 aliphatic heterocycles. The van der Waals surface area contributed by atoms with Crippen molar-refractivity contribution in [2.75, 3.05) is 0 Å². The second-order valence-electron chi connectivity index (χ2n) is 7.11. The first-order chi connectivity index (χ1) is 10.6. The van der Waals surface area contributed by atoms with Gasteiger partial charge in [0.25, 0.3) is 0 Å². The number of phenolic OH excluding ortho intramolecular Hbond substituents is 1. The second-order valence-corrected chi connectivity index (χ2v) is 7.11. The first-order valence-corrected chi connectivity index (χ1v) is 8.48. The fraction of sp³-hybridized carbons (Fsp3) is 0.579. The number of aliphatic hydroxyl groups is 1. The quantitative estimate of drug-likeness (QED) is 0.827. The molecular weight excluding hydrogens is 276 g/mol. The van der Waals surface area contributed by atoms with Crippen LogP contribution in [0.3, 0.4) is 0 Å². The molecule has 0 saturated heterocycles. The molecule has 1 fully saturated rings. The van der Waals surface area contributed by atoms with Crippen LogP contribution in [0.1, 0.15) is 51.5 Å². The molecule has 22 heavy (non-hydrogen) atoms. The Labute approximate surface area is 131 Å². The van der Waals surface area contributed by atoms with Crippen LogP contribution in [0.5, 0.6) is 11.5 Å². The highest BCUT2D eigenvalue weighted by molar-refractivity contribution is 5.77. The number of rotatable bonds is 1. The minimum absolute atomic E-state index is 0.0332. The van der Waals surface area contributed by atoms with Crippen LogP contribution in [0.2, 0.25) is 0 Å². The van der Waals surface area contributed by atoms with Gasteiger partial charge in [-0.3, -0.25) is 0 Å². The number of hydrogen-bond acceptors (Lipinski definition) is 3. The van der Waals surface area contributed by atoms with Crippen molar-refractivity contribution in [1.82, 2.24) is 0 Å². The summed E-state index contributed by atoms with van der Waals surface area (Å²) in [6, 6.07) is 5.45. The van der Waals surface area contributed by atoms with Crippen molar-refractivity contribution in [2.45, 2.75) is 58.2 Å². The summed E-state index contributed by atoms with van der Waals surface area (Å²) >= 11 is 0. The molecule has 1 heterocycles. The molecule has 3 nitrogen and oxygen atoms in total. The molecule has 2 aliphatic carbocycles. The highest BCUT2D eigenvalue weighted by Gasteiger charge is 2.53. The van der Waals surface area contributed by atoms with Crippen LogP contribution in [-0.2, 0) is 0 Å². The van der Waals surface area contributed by atoms with Gasteiger partial charge in [-0.25, -0.2) is 0 Å². The Morgan fingerprint density at radius 3 is 2.91 bits per heavy atom. The Morgan fingerprint density at radius 1 is 1.32 bits per heavy atom. The van der Waals surface area contributed by atoms with Gasteiger partial charge < -0.3 is 14.9 Å². The molecule has 0 aromatic heterocycles. The van der Waals surface area contributed by atoms with Crippen molar-refractivity contribution in [2.24, 2.45) is 11.3 Å². The van der Waals surface area contributed by atoms with E-state index in [2.05, 4.69) is 13.8 Å². The van der Waals surface area contributed by atoms with Crippen molar-refractivity contribution >= 4 is 5.57 Å². The third kappa shape index (κ3) is 1.72. The van der Waals surface area contributed by atoms with E-state index < -0.39 is 0 Å². The number of hydrogen-bond donors (Lipinski definition) is 2. The number of ether oxygens (including phenoxy) is 1. The number of allylic oxidation sites excluding steroid dienone is 1. The van der Waals surface area contributed by atoms with Gasteiger partial charge in [-0.2, -0.15) is 0 Å². The monoisotopic (exact) mass is 300 g/mol. The van der Waals surface area contributed by atoms with E-state index >= 15 is 0 Å². The van der Waals surface area contributed by atoms with Crippen LogP contribution in [0.25, 0.3) is 5.57 Å². The van der Waals surface area contributed by atoms with E-state index in [1.54, 1.807) is 12.1 Å². The van der Waals surface area contributed by atoms with Crippen molar-refractivity contribution in [1.29, 1.82) is 0 Å². The zero-order valence-corrected chi connectivity index (χ0v) is 13.3. The maximum Gasteiger partial charge on any atom is 0.131 e. The summed E-state index contributed by atoms with van der Waals surface area (Å²) in [6.07, 6.45) is 4.92. The Balaban J connectivity index is 1.87. The van der Waals surface area contributed by atoms with Crippen molar-refractivity contribution < 1.29 is 14.9 Å². The zero-order valence-electron chi connectivity index (χ0n) is 13.3. The van der Waals surface area contributed by atoms with Gasteiger partial charge in [0.1, 0.15) is 17.6 Å². The molecule has 4 atom stereocenters. The van der Waals surface area contributed by atoms with E-state index in [1.807, 2.05) is 6.07 Å². The van der Waals surface area contributed by atoms with Crippen molar-refractivity contribution in [3.63, 3.8) is 0 Å². The lowest BCUT2D eigenvalue weighted by molar-refractivity contribution is 0.0146. The Morgan fingerprint density at radius 2 is 2.14 bits per heavy atom. The first-order valence-electron chi connectivity index (χ1n) is 8.48. The average molecular weight is 300 g/mol. The van der Waals surface area contributed by atoms with Gasteiger partial charge in [0, 0.05) is 17.0 Å². The predicted octanol–water partition coefficient (Wildman–Crippen LogP) is 3.89. The highest BCUT2D eigenvalue weighted by Crippen LogP contribution is 2.60. The summed E-state index contributed by atoms with van der Waals surface area (Å²) in [4.78, 5) is 0. The van der Waals surface area contributed by atoms with Gasteiger partial charge >= 0.3 is 0 Å². The maximum atomic E-state index is 10.6. The molecule has 0 spiro atoms.